The molecule has 0 spiro atoms. The van der Waals surface area contributed by atoms with Crippen LogP contribution in [0, 0.1) is 0 Å². The average molecular weight is 440 g/mol. The summed E-state index contributed by atoms with van der Waals surface area (Å²) in [4.78, 5) is 9.17. The van der Waals surface area contributed by atoms with E-state index in [0.29, 0.717) is 12.5 Å². The number of hydrogen-bond donors (Lipinski definition) is 2. The minimum atomic E-state index is 0. The van der Waals surface area contributed by atoms with E-state index in [1.807, 2.05) is 6.92 Å². The van der Waals surface area contributed by atoms with Gasteiger partial charge in [0.05, 0.1) is 17.2 Å². The van der Waals surface area contributed by atoms with E-state index in [1.54, 1.807) is 11.3 Å². The van der Waals surface area contributed by atoms with Crippen LogP contribution < -0.4 is 10.6 Å². The van der Waals surface area contributed by atoms with Gasteiger partial charge in [0, 0.05) is 37.6 Å². The van der Waals surface area contributed by atoms with E-state index in [-0.39, 0.29) is 24.0 Å². The molecular weight excluding hydrogens is 411 g/mol. The standard InChI is InChI=1S/C15H28N4OS.HI/c1-5-16-15(17-8-7-9-20-6-2)18-10-13-11-21-14(19-13)12(3)4;/h11-12H,5-10H2,1-4H3,(H2,16,17,18);1H. The van der Waals surface area contributed by atoms with Crippen LogP contribution in [0.5, 0.6) is 0 Å². The largest absolute Gasteiger partial charge is 0.382 e. The van der Waals surface area contributed by atoms with E-state index >= 15 is 0 Å². The summed E-state index contributed by atoms with van der Waals surface area (Å²) in [5.41, 5.74) is 1.04. The van der Waals surface area contributed by atoms with Crippen LogP contribution in [0.4, 0.5) is 0 Å². The lowest BCUT2D eigenvalue weighted by atomic mass is 10.2. The molecule has 2 N–H and O–H groups in total. The van der Waals surface area contributed by atoms with Crippen LogP contribution in [0.15, 0.2) is 10.4 Å². The van der Waals surface area contributed by atoms with Crippen molar-refractivity contribution in [3.05, 3.63) is 16.1 Å². The molecule has 0 unspecified atom stereocenters. The molecule has 0 aliphatic carbocycles. The molecule has 22 heavy (non-hydrogen) atoms. The second-order valence-corrected chi connectivity index (χ2v) is 5.89. The van der Waals surface area contributed by atoms with Crippen molar-refractivity contribution in [2.24, 2.45) is 4.99 Å². The maximum Gasteiger partial charge on any atom is 0.191 e. The highest BCUT2D eigenvalue weighted by Gasteiger charge is 2.05. The Labute approximate surface area is 155 Å². The summed E-state index contributed by atoms with van der Waals surface area (Å²) in [6.45, 7) is 12.3. The number of ether oxygens (including phenoxy) is 1. The quantitative estimate of drug-likeness (QED) is 0.268. The summed E-state index contributed by atoms with van der Waals surface area (Å²) in [6.07, 6.45) is 0.979. The molecule has 0 aliphatic rings. The first-order valence-electron chi connectivity index (χ1n) is 7.71. The second-order valence-electron chi connectivity index (χ2n) is 5.00. The molecule has 1 heterocycles. The Morgan fingerprint density at radius 1 is 1.36 bits per heavy atom. The Morgan fingerprint density at radius 3 is 2.73 bits per heavy atom. The summed E-state index contributed by atoms with van der Waals surface area (Å²) in [6, 6.07) is 0. The van der Waals surface area contributed by atoms with Crippen LogP contribution in [-0.4, -0.2) is 37.2 Å². The number of halogens is 1. The Hall–Kier alpha value is -0.410. The van der Waals surface area contributed by atoms with Crippen LogP contribution in [0.3, 0.4) is 0 Å². The zero-order valence-corrected chi connectivity index (χ0v) is 17.2. The average Bonchev–Trinajstić information content (AvgIpc) is 2.93. The van der Waals surface area contributed by atoms with Crippen molar-refractivity contribution in [2.45, 2.75) is 46.6 Å². The number of guanidine groups is 1. The zero-order valence-electron chi connectivity index (χ0n) is 14.0. The molecule has 0 bridgehead atoms. The Bertz CT molecular complexity index is 423. The molecular formula is C15H29IN4OS. The van der Waals surface area contributed by atoms with Crippen molar-refractivity contribution in [2.75, 3.05) is 26.3 Å². The van der Waals surface area contributed by atoms with Crippen molar-refractivity contribution >= 4 is 41.3 Å². The third-order valence-electron chi connectivity index (χ3n) is 2.77. The van der Waals surface area contributed by atoms with E-state index in [0.717, 1.165) is 44.4 Å². The third kappa shape index (κ3) is 8.89. The molecule has 1 aromatic rings. The molecule has 0 aliphatic heterocycles. The Balaban J connectivity index is 0.00000441. The third-order valence-corrected chi connectivity index (χ3v) is 3.96. The van der Waals surface area contributed by atoms with Gasteiger partial charge in [-0.15, -0.1) is 35.3 Å². The summed E-state index contributed by atoms with van der Waals surface area (Å²) in [5, 5.41) is 9.83. The lowest BCUT2D eigenvalue weighted by Crippen LogP contribution is -2.38. The summed E-state index contributed by atoms with van der Waals surface area (Å²) >= 11 is 1.71. The van der Waals surface area contributed by atoms with Gasteiger partial charge < -0.3 is 15.4 Å². The van der Waals surface area contributed by atoms with Crippen LogP contribution in [0.25, 0.3) is 0 Å². The van der Waals surface area contributed by atoms with Crippen molar-refractivity contribution in [1.82, 2.24) is 15.6 Å². The number of rotatable bonds is 9. The van der Waals surface area contributed by atoms with Gasteiger partial charge in [0.2, 0.25) is 0 Å². The smallest absolute Gasteiger partial charge is 0.191 e. The SMILES string of the molecule is CCNC(=NCc1csc(C(C)C)n1)NCCCOCC.I. The van der Waals surface area contributed by atoms with Crippen molar-refractivity contribution in [1.29, 1.82) is 0 Å². The van der Waals surface area contributed by atoms with Crippen molar-refractivity contribution in [3.8, 4) is 0 Å². The number of aromatic nitrogens is 1. The van der Waals surface area contributed by atoms with Crippen molar-refractivity contribution < 1.29 is 4.74 Å². The molecule has 0 saturated heterocycles. The second kappa shape index (κ2) is 13.1. The summed E-state index contributed by atoms with van der Waals surface area (Å²) in [5.74, 6) is 1.32. The van der Waals surface area contributed by atoms with Gasteiger partial charge in [-0.2, -0.15) is 0 Å². The highest BCUT2D eigenvalue weighted by Crippen LogP contribution is 2.19. The van der Waals surface area contributed by atoms with Crippen LogP contribution >= 0.6 is 35.3 Å². The Kier molecular flexibility index (Phi) is 12.8. The maximum absolute atomic E-state index is 5.32. The minimum absolute atomic E-state index is 0. The van der Waals surface area contributed by atoms with Crippen molar-refractivity contribution in [3.63, 3.8) is 0 Å². The summed E-state index contributed by atoms with van der Waals surface area (Å²) < 4.78 is 5.32. The molecule has 0 fully saturated rings. The van der Waals surface area contributed by atoms with Gasteiger partial charge in [0.15, 0.2) is 5.96 Å². The monoisotopic (exact) mass is 440 g/mol. The first kappa shape index (κ1) is 21.6. The first-order valence-corrected chi connectivity index (χ1v) is 8.59. The van der Waals surface area contributed by atoms with Crippen LogP contribution in [0.1, 0.15) is 50.7 Å². The van der Waals surface area contributed by atoms with E-state index < -0.39 is 0 Å². The maximum atomic E-state index is 5.32. The highest BCUT2D eigenvalue weighted by atomic mass is 127. The van der Waals surface area contributed by atoms with Crippen LogP contribution in [0.2, 0.25) is 0 Å². The molecule has 128 valence electrons. The summed E-state index contributed by atoms with van der Waals surface area (Å²) in [7, 11) is 0. The number of hydrogen-bond acceptors (Lipinski definition) is 4. The molecule has 0 saturated carbocycles. The molecule has 1 aromatic heterocycles. The topological polar surface area (TPSA) is 58.5 Å². The predicted octanol–water partition coefficient (Wildman–Crippen LogP) is 3.37. The van der Waals surface area contributed by atoms with Gasteiger partial charge >= 0.3 is 0 Å². The number of nitrogens with one attached hydrogen (secondary N) is 2. The van der Waals surface area contributed by atoms with Gasteiger partial charge in [-0.1, -0.05) is 13.8 Å². The number of nitrogens with zero attached hydrogens (tertiary/aromatic N) is 2. The van der Waals surface area contributed by atoms with E-state index in [2.05, 4.69) is 46.8 Å². The normalized spacial score (nSPS) is 11.4. The van der Waals surface area contributed by atoms with Gasteiger partial charge in [-0.25, -0.2) is 9.98 Å². The van der Waals surface area contributed by atoms with E-state index in [4.69, 9.17) is 4.74 Å². The first-order chi connectivity index (χ1) is 10.2. The van der Waals surface area contributed by atoms with Gasteiger partial charge in [-0.3, -0.25) is 0 Å². The molecule has 5 nitrogen and oxygen atoms in total. The molecule has 0 aromatic carbocycles. The fourth-order valence-electron chi connectivity index (χ4n) is 1.69. The predicted molar refractivity (Wildman–Crippen MR) is 106 cm³/mol. The fourth-order valence-corrected chi connectivity index (χ4v) is 2.51. The Morgan fingerprint density at radius 2 is 2.14 bits per heavy atom. The van der Waals surface area contributed by atoms with Crippen LogP contribution in [-0.2, 0) is 11.3 Å². The highest BCUT2D eigenvalue weighted by molar-refractivity contribution is 14.0. The molecule has 0 amide bonds. The number of aliphatic imine (C=N–C) groups is 1. The minimum Gasteiger partial charge on any atom is -0.382 e. The van der Waals surface area contributed by atoms with E-state index in [1.165, 1.54) is 5.01 Å². The lowest BCUT2D eigenvalue weighted by Gasteiger charge is -2.10. The molecule has 1 rings (SSSR count). The van der Waals surface area contributed by atoms with Gasteiger partial charge in [-0.05, 0) is 20.3 Å². The van der Waals surface area contributed by atoms with E-state index in [9.17, 15) is 0 Å². The number of thiazole rings is 1. The molecule has 0 atom stereocenters. The lowest BCUT2D eigenvalue weighted by molar-refractivity contribution is 0.145. The van der Waals surface area contributed by atoms with Gasteiger partial charge in [0.25, 0.3) is 0 Å². The molecule has 0 radical (unpaired) electrons. The zero-order chi connectivity index (χ0) is 15.5. The fraction of sp³-hybridized carbons (Fsp3) is 0.733. The van der Waals surface area contributed by atoms with Gasteiger partial charge in [0.1, 0.15) is 0 Å². The molecule has 7 heteroatoms.